The van der Waals surface area contributed by atoms with Gasteiger partial charge in [0.2, 0.25) is 0 Å². The van der Waals surface area contributed by atoms with E-state index in [4.69, 9.17) is 18.5 Å². The molecule has 0 aliphatic heterocycles. The van der Waals surface area contributed by atoms with Gasteiger partial charge >= 0.3 is 19.8 Å². The molecule has 0 amide bonds. The van der Waals surface area contributed by atoms with Gasteiger partial charge in [-0.1, -0.05) is 326 Å². The molecule has 0 saturated heterocycles. The first-order chi connectivity index (χ1) is 41.0. The van der Waals surface area contributed by atoms with E-state index in [-0.39, 0.29) is 25.6 Å². The summed E-state index contributed by atoms with van der Waals surface area (Å²) in [6, 6.07) is 0. The molecule has 0 heterocycles. The Balaban J connectivity index is 3.85. The molecule has 84 heavy (non-hydrogen) atoms. The average molecular weight is 1210 g/mol. The van der Waals surface area contributed by atoms with Crippen LogP contribution < -0.4 is 0 Å². The monoisotopic (exact) mass is 1210 g/mol. The Morgan fingerprint density at radius 3 is 0.976 bits per heavy atom. The third-order valence-electron chi connectivity index (χ3n) is 16.6. The third-order valence-corrected chi connectivity index (χ3v) is 17.6. The number of nitrogens with zero attached hydrogens (tertiary/aromatic N) is 1. The van der Waals surface area contributed by atoms with Gasteiger partial charge in [-0.3, -0.25) is 18.6 Å². The van der Waals surface area contributed by atoms with Crippen LogP contribution in [0.3, 0.4) is 0 Å². The largest absolute Gasteiger partial charge is 0.472 e. The predicted molar refractivity (Wildman–Crippen MR) is 363 cm³/mol. The Morgan fingerprint density at radius 1 is 0.369 bits per heavy atom. The van der Waals surface area contributed by atoms with Crippen molar-refractivity contribution in [2.24, 2.45) is 0 Å². The van der Waals surface area contributed by atoms with Crippen molar-refractivity contribution in [2.45, 2.75) is 380 Å². The van der Waals surface area contributed by atoms with Crippen molar-refractivity contribution in [1.82, 2.24) is 0 Å². The van der Waals surface area contributed by atoms with Crippen LogP contribution in [0.15, 0.2) is 36.5 Å². The average Bonchev–Trinajstić information content (AvgIpc) is 3.61. The number of quaternary nitrogens is 1. The number of hydrogen-bond donors (Lipinski definition) is 1. The van der Waals surface area contributed by atoms with Gasteiger partial charge in [-0.2, -0.15) is 0 Å². The van der Waals surface area contributed by atoms with E-state index in [1.165, 1.54) is 295 Å². The summed E-state index contributed by atoms with van der Waals surface area (Å²) >= 11 is 0. The molecule has 0 rings (SSSR count). The fraction of sp³-hybridized carbons (Fsp3) is 0.892. The summed E-state index contributed by atoms with van der Waals surface area (Å²) in [4.78, 5) is 35.8. The number of carbonyl (C=O) groups is 2. The Kier molecular flexibility index (Phi) is 64.3. The highest BCUT2D eigenvalue weighted by atomic mass is 31.2. The number of likely N-dealkylation sites (N-methyl/N-ethyl adjacent to an activating group) is 1. The molecule has 9 nitrogen and oxygen atoms in total. The van der Waals surface area contributed by atoms with Crippen LogP contribution in [0, 0.1) is 0 Å². The second-order valence-corrected chi connectivity index (χ2v) is 27.8. The molecule has 0 bridgehead atoms. The lowest BCUT2D eigenvalue weighted by Crippen LogP contribution is -2.37. The van der Waals surface area contributed by atoms with Gasteiger partial charge in [0.05, 0.1) is 27.7 Å². The Bertz CT molecular complexity index is 1510. The normalized spacial score (nSPS) is 13.3. The fourth-order valence-corrected chi connectivity index (χ4v) is 11.7. The van der Waals surface area contributed by atoms with Crippen molar-refractivity contribution >= 4 is 19.8 Å². The molecule has 0 aliphatic rings. The maximum absolute atomic E-state index is 12.8. The van der Waals surface area contributed by atoms with Crippen LogP contribution in [0.4, 0.5) is 0 Å². The molecule has 1 N–H and O–H groups in total. The number of phosphoric acid groups is 1. The topological polar surface area (TPSA) is 108 Å². The van der Waals surface area contributed by atoms with Crippen molar-refractivity contribution < 1.29 is 42.1 Å². The summed E-state index contributed by atoms with van der Waals surface area (Å²) in [6.45, 7) is 4.46. The Hall–Kier alpha value is -1.77. The van der Waals surface area contributed by atoms with Crippen molar-refractivity contribution in [3.05, 3.63) is 36.5 Å². The van der Waals surface area contributed by atoms with Crippen LogP contribution in [0.25, 0.3) is 0 Å². The zero-order valence-electron chi connectivity index (χ0n) is 56.7. The maximum Gasteiger partial charge on any atom is 0.472 e. The van der Waals surface area contributed by atoms with Gasteiger partial charge in [-0.15, -0.1) is 0 Å². The number of unbranched alkanes of at least 4 members (excludes halogenated alkanes) is 49. The van der Waals surface area contributed by atoms with E-state index in [9.17, 15) is 19.0 Å². The lowest BCUT2D eigenvalue weighted by molar-refractivity contribution is -0.870. The Labute approximate surface area is 522 Å². The summed E-state index contributed by atoms with van der Waals surface area (Å²) in [7, 11) is 1.49. The molecule has 0 aromatic rings. The first-order valence-corrected chi connectivity index (χ1v) is 38.2. The number of carbonyl (C=O) groups excluding carboxylic acids is 2. The number of ether oxygens (including phenoxy) is 2. The first-order valence-electron chi connectivity index (χ1n) is 36.7. The van der Waals surface area contributed by atoms with Gasteiger partial charge < -0.3 is 18.9 Å². The van der Waals surface area contributed by atoms with Crippen LogP contribution in [0.1, 0.15) is 373 Å². The maximum atomic E-state index is 12.8. The molecule has 0 aromatic carbocycles. The smallest absolute Gasteiger partial charge is 0.462 e. The number of allylic oxidation sites excluding steroid dienone is 6. The molecule has 0 spiro atoms. The number of rotatable bonds is 69. The minimum absolute atomic E-state index is 0.0329. The van der Waals surface area contributed by atoms with Crippen molar-refractivity contribution in [3.8, 4) is 0 Å². The van der Waals surface area contributed by atoms with Gasteiger partial charge in [0.1, 0.15) is 19.8 Å². The van der Waals surface area contributed by atoms with E-state index < -0.39 is 26.5 Å². The summed E-state index contributed by atoms with van der Waals surface area (Å²) in [5.41, 5.74) is 0. The highest BCUT2D eigenvalue weighted by Gasteiger charge is 2.27. The molecule has 0 radical (unpaired) electrons. The van der Waals surface area contributed by atoms with Gasteiger partial charge in [-0.05, 0) is 70.6 Å². The minimum atomic E-state index is -4.39. The van der Waals surface area contributed by atoms with Crippen LogP contribution in [0.5, 0.6) is 0 Å². The molecule has 496 valence electrons. The molecule has 0 saturated carbocycles. The quantitative estimate of drug-likeness (QED) is 0.0211. The van der Waals surface area contributed by atoms with Gasteiger partial charge in [0.25, 0.3) is 0 Å². The second kappa shape index (κ2) is 65.7. The van der Waals surface area contributed by atoms with Gasteiger partial charge in [-0.25, -0.2) is 4.57 Å². The van der Waals surface area contributed by atoms with Gasteiger partial charge in [0, 0.05) is 12.8 Å². The van der Waals surface area contributed by atoms with Crippen molar-refractivity contribution in [1.29, 1.82) is 0 Å². The van der Waals surface area contributed by atoms with Crippen molar-refractivity contribution in [3.63, 3.8) is 0 Å². The van der Waals surface area contributed by atoms with E-state index >= 15 is 0 Å². The second-order valence-electron chi connectivity index (χ2n) is 26.3. The van der Waals surface area contributed by atoms with Crippen LogP contribution in [-0.2, 0) is 32.7 Å². The highest BCUT2D eigenvalue weighted by molar-refractivity contribution is 7.47. The zero-order chi connectivity index (χ0) is 61.2. The van der Waals surface area contributed by atoms with E-state index in [0.717, 1.165) is 44.9 Å². The third kappa shape index (κ3) is 69.3. The lowest BCUT2D eigenvalue weighted by atomic mass is 10.0. The van der Waals surface area contributed by atoms with E-state index in [1.807, 2.05) is 21.1 Å². The van der Waals surface area contributed by atoms with Crippen LogP contribution >= 0.6 is 7.82 Å². The number of hydrogen-bond acceptors (Lipinski definition) is 7. The SMILES string of the molecule is CCCCC/C=C\C/C=C\CCCCCCCCCCCC(=O)OC(COC(=O)CCCCCCCCCCCCCCCCCCCCCCCCCCCCCCC/C=C\CCCCCCCCCC)COP(=O)(O)OCC[N+](C)(C)C. The Morgan fingerprint density at radius 2 is 0.643 bits per heavy atom. The molecular formula is C74H143NO8P+. The molecule has 2 unspecified atom stereocenters. The summed E-state index contributed by atoms with van der Waals surface area (Å²) in [5, 5.41) is 0. The molecule has 0 aromatic heterocycles. The van der Waals surface area contributed by atoms with Crippen LogP contribution in [0.2, 0.25) is 0 Å². The molecule has 10 heteroatoms. The number of phosphoric ester groups is 1. The molecule has 0 aliphatic carbocycles. The van der Waals surface area contributed by atoms with E-state index in [2.05, 4.69) is 50.3 Å². The van der Waals surface area contributed by atoms with E-state index in [1.54, 1.807) is 0 Å². The highest BCUT2D eigenvalue weighted by Crippen LogP contribution is 2.43. The summed E-state index contributed by atoms with van der Waals surface area (Å²) in [5.74, 6) is -0.784. The zero-order valence-corrected chi connectivity index (χ0v) is 57.6. The number of esters is 2. The fourth-order valence-electron chi connectivity index (χ4n) is 11.0. The standard InChI is InChI=1S/C74H142NO8P/c1-6-8-10-12-14-16-18-20-22-24-26-27-28-29-30-31-32-33-34-35-36-37-38-39-40-41-42-43-44-45-46-47-49-50-52-54-56-58-60-62-64-66-73(76)80-70-72(71-82-84(78,79)81-69-68-75(3,4)5)83-74(77)67-65-63-61-59-57-55-53-51-48-25-23-21-19-17-15-13-11-9-7-2/h15,17,21,23-24,26,72H,6-14,16,18-20,22,25,27-71H2,1-5H3/p+1/b17-15-,23-21-,26-24-. The molecule has 2 atom stereocenters. The minimum Gasteiger partial charge on any atom is -0.462 e. The van der Waals surface area contributed by atoms with Crippen LogP contribution in [-0.4, -0.2) is 74.9 Å². The summed E-state index contributed by atoms with van der Waals surface area (Å²) < 4.78 is 34.7. The first kappa shape index (κ1) is 82.2. The van der Waals surface area contributed by atoms with Crippen molar-refractivity contribution in [2.75, 3.05) is 47.5 Å². The molecular weight excluding hydrogens is 1060 g/mol. The summed E-state index contributed by atoms with van der Waals surface area (Å²) in [6.07, 6.45) is 84.3. The molecule has 0 fully saturated rings. The predicted octanol–water partition coefficient (Wildman–Crippen LogP) is 23.8. The lowest BCUT2D eigenvalue weighted by Gasteiger charge is -2.24. The van der Waals surface area contributed by atoms with E-state index in [0.29, 0.717) is 23.9 Å². The van der Waals surface area contributed by atoms with Gasteiger partial charge in [0.15, 0.2) is 6.10 Å².